The van der Waals surface area contributed by atoms with Crippen LogP contribution in [0.15, 0.2) is 51.2 Å². The number of rotatable bonds is 11. The number of hydrogen-bond acceptors (Lipinski definition) is 20. The first-order chi connectivity index (χ1) is 27.5. The van der Waals surface area contributed by atoms with Crippen molar-refractivity contribution in [2.45, 2.75) is 119 Å². The minimum Gasteiger partial charge on any atom is -0.508 e. The van der Waals surface area contributed by atoms with Crippen molar-refractivity contribution in [3.63, 3.8) is 0 Å². The molecule has 320 valence electrons. The molecular weight excluding hydrogens is 776 g/mol. The Morgan fingerprint density at radius 3 is 1.86 bits per heavy atom. The lowest BCUT2D eigenvalue weighted by Gasteiger charge is -2.45. The fourth-order valence-electron chi connectivity index (χ4n) is 6.91. The summed E-state index contributed by atoms with van der Waals surface area (Å²) in [5.41, 5.74) is -0.171. The van der Waals surface area contributed by atoms with Crippen LogP contribution in [0.4, 0.5) is 0 Å². The zero-order valence-electron chi connectivity index (χ0n) is 31.4. The SMILES string of the molecule is CC(C)=CCc1c(O[C@@H]2O[C@H](CO)[C@@H](O)[C@H](O)[C@H]2O)cc(O)c2c(=O)c(O[C@@H]3O[C@H](C)[C@H](O[C@@H]4O[C@H](CO)[C@@H](O)[C@H](O)[C@H]4O)[C@@H](O)[C@H]3O)c(-c3ccc(O)cc3)oc12. The Kier molecular flexibility index (Phi) is 13.3. The Balaban J connectivity index is 1.40. The lowest BCUT2D eigenvalue weighted by Crippen LogP contribution is -2.64. The van der Waals surface area contributed by atoms with E-state index in [4.69, 9.17) is 32.8 Å². The van der Waals surface area contributed by atoms with Gasteiger partial charge in [0.1, 0.15) is 95.4 Å². The van der Waals surface area contributed by atoms with Crippen LogP contribution >= 0.6 is 0 Å². The second-order valence-corrected chi connectivity index (χ2v) is 14.6. The van der Waals surface area contributed by atoms with Crippen LogP contribution in [0.1, 0.15) is 26.3 Å². The second-order valence-electron chi connectivity index (χ2n) is 14.6. The summed E-state index contributed by atoms with van der Waals surface area (Å²) in [6.45, 7) is 3.47. The molecule has 0 saturated carbocycles. The topological polar surface area (TPSA) is 328 Å². The van der Waals surface area contributed by atoms with Crippen LogP contribution in [0.3, 0.4) is 0 Å². The van der Waals surface area contributed by atoms with E-state index in [9.17, 15) is 66.1 Å². The largest absolute Gasteiger partial charge is 0.508 e. The molecule has 20 nitrogen and oxygen atoms in total. The molecule has 58 heavy (non-hydrogen) atoms. The third kappa shape index (κ3) is 8.40. The summed E-state index contributed by atoms with van der Waals surface area (Å²) >= 11 is 0. The van der Waals surface area contributed by atoms with Gasteiger partial charge in [-0.15, -0.1) is 0 Å². The van der Waals surface area contributed by atoms with E-state index in [1.165, 1.54) is 31.2 Å². The average Bonchev–Trinajstić information content (AvgIpc) is 3.19. The summed E-state index contributed by atoms with van der Waals surface area (Å²) in [4.78, 5) is 14.5. The van der Waals surface area contributed by atoms with E-state index in [1.54, 1.807) is 19.9 Å². The van der Waals surface area contributed by atoms with Gasteiger partial charge in [-0.05, 0) is 51.5 Å². The number of fused-ring (bicyclic) bond motifs is 1. The number of hydrogen-bond donors (Lipinski definition) is 12. The predicted molar refractivity (Wildman–Crippen MR) is 194 cm³/mol. The molecule has 0 bridgehead atoms. The number of phenols is 2. The third-order valence-corrected chi connectivity index (χ3v) is 10.3. The van der Waals surface area contributed by atoms with Crippen LogP contribution in [0, 0.1) is 0 Å². The molecule has 3 fully saturated rings. The van der Waals surface area contributed by atoms with Crippen LogP contribution in [0.5, 0.6) is 23.0 Å². The molecule has 3 aliphatic rings. The van der Waals surface area contributed by atoms with Crippen molar-refractivity contribution in [2.75, 3.05) is 13.2 Å². The molecule has 3 saturated heterocycles. The Morgan fingerprint density at radius 1 is 0.724 bits per heavy atom. The number of aromatic hydroxyl groups is 2. The molecule has 0 spiro atoms. The van der Waals surface area contributed by atoms with Crippen molar-refractivity contribution in [3.8, 4) is 34.3 Å². The predicted octanol–water partition coefficient (Wildman–Crippen LogP) is -2.41. The maximum Gasteiger partial charge on any atom is 0.239 e. The Hall–Kier alpha value is -3.97. The molecule has 0 unspecified atom stereocenters. The Morgan fingerprint density at radius 2 is 1.28 bits per heavy atom. The smallest absolute Gasteiger partial charge is 0.239 e. The molecule has 12 N–H and O–H groups in total. The fraction of sp³-hybridized carbons (Fsp3) is 0.553. The van der Waals surface area contributed by atoms with Gasteiger partial charge in [0.05, 0.1) is 19.3 Å². The van der Waals surface area contributed by atoms with Crippen LogP contribution in [-0.2, 0) is 25.4 Å². The molecule has 3 aliphatic heterocycles. The van der Waals surface area contributed by atoms with Crippen molar-refractivity contribution >= 4 is 11.0 Å². The molecular formula is C38H48O20. The normalized spacial score (nSPS) is 35.4. The first kappa shape index (κ1) is 43.6. The molecule has 0 radical (unpaired) electrons. The number of aliphatic hydroxyl groups excluding tert-OH is 10. The highest BCUT2D eigenvalue weighted by Gasteiger charge is 2.51. The van der Waals surface area contributed by atoms with Gasteiger partial charge in [-0.1, -0.05) is 11.6 Å². The van der Waals surface area contributed by atoms with Gasteiger partial charge in [0.15, 0.2) is 12.1 Å². The highest BCUT2D eigenvalue weighted by atomic mass is 16.7. The van der Waals surface area contributed by atoms with Gasteiger partial charge in [-0.2, -0.15) is 0 Å². The summed E-state index contributed by atoms with van der Waals surface area (Å²) in [5, 5.41) is 125. The third-order valence-electron chi connectivity index (χ3n) is 10.3. The molecule has 1 aromatic heterocycles. The molecule has 0 aliphatic carbocycles. The number of benzene rings is 2. The zero-order chi connectivity index (χ0) is 42.3. The van der Waals surface area contributed by atoms with Gasteiger partial charge in [0.25, 0.3) is 0 Å². The summed E-state index contributed by atoms with van der Waals surface area (Å²) in [6.07, 6.45) is -23.3. The van der Waals surface area contributed by atoms with Gasteiger partial charge < -0.3 is 94.1 Å². The number of allylic oxidation sites excluding steroid dienone is 2. The molecule has 2 aromatic carbocycles. The molecule has 0 amide bonds. The van der Waals surface area contributed by atoms with Crippen LogP contribution in [0.2, 0.25) is 0 Å². The molecule has 20 heteroatoms. The maximum atomic E-state index is 14.5. The Bertz CT molecular complexity index is 1980. The van der Waals surface area contributed by atoms with Crippen molar-refractivity contribution in [3.05, 3.63) is 57.8 Å². The average molecular weight is 825 g/mol. The molecule has 3 aromatic rings. The number of ether oxygens (including phenoxy) is 6. The van der Waals surface area contributed by atoms with E-state index >= 15 is 0 Å². The van der Waals surface area contributed by atoms with E-state index in [1.807, 2.05) is 0 Å². The first-order valence-corrected chi connectivity index (χ1v) is 18.4. The fourth-order valence-corrected chi connectivity index (χ4v) is 6.91. The second kappa shape index (κ2) is 17.7. The molecule has 4 heterocycles. The van der Waals surface area contributed by atoms with E-state index < -0.39 is 128 Å². The first-order valence-electron chi connectivity index (χ1n) is 18.4. The van der Waals surface area contributed by atoms with Gasteiger partial charge in [0, 0.05) is 17.2 Å². The summed E-state index contributed by atoms with van der Waals surface area (Å²) < 4.78 is 40.7. The molecule has 15 atom stereocenters. The Labute approximate surface area is 329 Å². The summed E-state index contributed by atoms with van der Waals surface area (Å²) in [5.74, 6) is -1.99. The van der Waals surface area contributed by atoms with Crippen molar-refractivity contribution in [2.24, 2.45) is 0 Å². The molecule has 6 rings (SSSR count). The quantitative estimate of drug-likeness (QED) is 0.0896. The van der Waals surface area contributed by atoms with Crippen LogP contribution < -0.4 is 14.9 Å². The van der Waals surface area contributed by atoms with Crippen LogP contribution in [-0.4, -0.2) is 167 Å². The number of aliphatic hydroxyl groups is 10. The lowest BCUT2D eigenvalue weighted by atomic mass is 9.97. The maximum absolute atomic E-state index is 14.5. The minimum atomic E-state index is -1.98. The van der Waals surface area contributed by atoms with Gasteiger partial charge in [-0.3, -0.25) is 4.79 Å². The minimum absolute atomic E-state index is 0.00593. The summed E-state index contributed by atoms with van der Waals surface area (Å²) in [6, 6.07) is 6.33. The van der Waals surface area contributed by atoms with Gasteiger partial charge >= 0.3 is 0 Å². The van der Waals surface area contributed by atoms with Crippen molar-refractivity contribution < 1.29 is 94.1 Å². The zero-order valence-corrected chi connectivity index (χ0v) is 31.4. The van der Waals surface area contributed by atoms with E-state index in [2.05, 4.69) is 0 Å². The van der Waals surface area contributed by atoms with E-state index in [-0.39, 0.29) is 40.4 Å². The van der Waals surface area contributed by atoms with Gasteiger partial charge in [0.2, 0.25) is 23.8 Å². The number of phenolic OH excluding ortho intramolecular Hbond substituents is 2. The van der Waals surface area contributed by atoms with E-state index in [0.717, 1.165) is 11.6 Å². The van der Waals surface area contributed by atoms with Crippen LogP contribution in [0.25, 0.3) is 22.3 Å². The van der Waals surface area contributed by atoms with Gasteiger partial charge in [-0.25, -0.2) is 0 Å². The lowest BCUT2D eigenvalue weighted by molar-refractivity contribution is -0.348. The monoisotopic (exact) mass is 824 g/mol. The highest BCUT2D eigenvalue weighted by molar-refractivity contribution is 5.91. The highest BCUT2D eigenvalue weighted by Crippen LogP contribution is 2.42. The standard InChI is InChI=1S/C38H48O20/c1-13(2)4-9-17-19(53-37-29(49)26(46)23(43)20(11-39)54-37)10-18(42)22-25(45)35(33(56-34(17)22)15-5-7-16(41)8-6-15)58-36-31(51)28(48)32(14(3)52-36)57-38-30(50)27(47)24(44)21(12-40)55-38/h4-8,10,14,20-21,23-24,26-32,36-44,46-51H,9,11-12H2,1-3H3/t14-,20-,21-,23-,24-,26+,27+,28+,29-,30-,31-,32+,36+,37-,38+/m1/s1. The summed E-state index contributed by atoms with van der Waals surface area (Å²) in [7, 11) is 0. The van der Waals surface area contributed by atoms with E-state index in [0.29, 0.717) is 0 Å². The van der Waals surface area contributed by atoms with Crippen molar-refractivity contribution in [1.82, 2.24) is 0 Å². The van der Waals surface area contributed by atoms with Crippen molar-refractivity contribution in [1.29, 1.82) is 0 Å².